The molecule has 0 aliphatic carbocycles. The first-order valence-corrected chi connectivity index (χ1v) is 6.29. The number of phenolic OH excluding ortho intramolecular Hbond substituents is 1. The molecule has 1 aliphatic heterocycles. The number of carboxylic acids is 1. The van der Waals surface area contributed by atoms with Crippen molar-refractivity contribution in [2.75, 3.05) is 13.7 Å². The standard InChI is InChI=1S/C14H19NO4/c1-7-8(2)13(16)10(5-12(7)19-3)11-4-9(6-15-11)14(17)18/h5,9,11,15-16H,4,6H2,1-3H3,(H,17,18). The smallest absolute Gasteiger partial charge is 0.307 e. The molecule has 0 aromatic heterocycles. The molecular formula is C14H19NO4. The van der Waals surface area contributed by atoms with E-state index in [0.29, 0.717) is 24.3 Å². The molecule has 0 spiro atoms. The van der Waals surface area contributed by atoms with Crippen molar-refractivity contribution in [2.24, 2.45) is 5.92 Å². The Morgan fingerprint density at radius 3 is 2.63 bits per heavy atom. The number of hydrogen-bond acceptors (Lipinski definition) is 4. The molecule has 1 aromatic carbocycles. The van der Waals surface area contributed by atoms with Gasteiger partial charge in [0, 0.05) is 18.2 Å². The molecule has 1 heterocycles. The summed E-state index contributed by atoms with van der Waals surface area (Å²) in [7, 11) is 1.59. The van der Waals surface area contributed by atoms with E-state index in [-0.39, 0.29) is 11.8 Å². The summed E-state index contributed by atoms with van der Waals surface area (Å²) in [4.78, 5) is 11.0. The topological polar surface area (TPSA) is 78.8 Å². The van der Waals surface area contributed by atoms with Gasteiger partial charge in [-0.25, -0.2) is 0 Å². The molecule has 5 heteroatoms. The number of rotatable bonds is 3. The van der Waals surface area contributed by atoms with Crippen LogP contribution >= 0.6 is 0 Å². The van der Waals surface area contributed by atoms with Gasteiger partial charge in [0.2, 0.25) is 0 Å². The summed E-state index contributed by atoms with van der Waals surface area (Å²) in [5.74, 6) is -0.269. The zero-order valence-corrected chi connectivity index (χ0v) is 11.4. The van der Waals surface area contributed by atoms with E-state index in [2.05, 4.69) is 5.32 Å². The van der Waals surface area contributed by atoms with Crippen LogP contribution in [0.1, 0.15) is 29.2 Å². The molecule has 5 nitrogen and oxygen atoms in total. The fourth-order valence-electron chi connectivity index (χ4n) is 2.54. The van der Waals surface area contributed by atoms with Crippen LogP contribution < -0.4 is 10.1 Å². The molecule has 3 N–H and O–H groups in total. The lowest BCUT2D eigenvalue weighted by atomic mass is 9.95. The minimum atomic E-state index is -0.801. The van der Waals surface area contributed by atoms with Gasteiger partial charge in [0.05, 0.1) is 13.0 Å². The van der Waals surface area contributed by atoms with Gasteiger partial charge < -0.3 is 20.3 Å². The predicted molar refractivity (Wildman–Crippen MR) is 70.6 cm³/mol. The van der Waals surface area contributed by atoms with Crippen LogP contribution in [0.15, 0.2) is 6.07 Å². The summed E-state index contributed by atoms with van der Waals surface area (Å²) in [6, 6.07) is 1.65. The fourth-order valence-corrected chi connectivity index (χ4v) is 2.54. The molecule has 0 saturated carbocycles. The number of benzene rings is 1. The number of nitrogens with one attached hydrogen (secondary N) is 1. The number of aliphatic carboxylic acids is 1. The van der Waals surface area contributed by atoms with E-state index >= 15 is 0 Å². The quantitative estimate of drug-likeness (QED) is 0.776. The van der Waals surface area contributed by atoms with Crippen molar-refractivity contribution < 1.29 is 19.7 Å². The van der Waals surface area contributed by atoms with Gasteiger partial charge in [-0.1, -0.05) is 0 Å². The zero-order chi connectivity index (χ0) is 14.2. The minimum Gasteiger partial charge on any atom is -0.507 e. The lowest BCUT2D eigenvalue weighted by Gasteiger charge is -2.18. The van der Waals surface area contributed by atoms with Crippen LogP contribution in [-0.2, 0) is 4.79 Å². The maximum Gasteiger partial charge on any atom is 0.307 e. The second-order valence-electron chi connectivity index (χ2n) is 5.00. The monoisotopic (exact) mass is 265 g/mol. The third-order valence-corrected chi connectivity index (χ3v) is 3.92. The average Bonchev–Trinajstić information content (AvgIpc) is 2.86. The first-order valence-electron chi connectivity index (χ1n) is 6.29. The van der Waals surface area contributed by atoms with Crippen molar-refractivity contribution >= 4 is 5.97 Å². The van der Waals surface area contributed by atoms with E-state index in [1.165, 1.54) is 0 Å². The molecule has 1 aromatic rings. The maximum atomic E-state index is 11.0. The third kappa shape index (κ3) is 2.38. The Labute approximate surface area is 112 Å². The van der Waals surface area contributed by atoms with Gasteiger partial charge in [-0.05, 0) is 37.5 Å². The predicted octanol–water partition coefficient (Wildman–Crippen LogP) is 1.75. The SMILES string of the molecule is COc1cc(C2CC(C(=O)O)CN2)c(O)c(C)c1C. The van der Waals surface area contributed by atoms with Gasteiger partial charge in [-0.2, -0.15) is 0 Å². The van der Waals surface area contributed by atoms with Crippen LogP contribution in [0.4, 0.5) is 0 Å². The van der Waals surface area contributed by atoms with E-state index in [4.69, 9.17) is 9.84 Å². The lowest BCUT2D eigenvalue weighted by molar-refractivity contribution is -0.141. The molecule has 2 atom stereocenters. The lowest BCUT2D eigenvalue weighted by Crippen LogP contribution is -2.17. The molecule has 104 valence electrons. The van der Waals surface area contributed by atoms with Gasteiger partial charge in [0.25, 0.3) is 0 Å². The Kier molecular flexibility index (Phi) is 3.66. The number of ether oxygens (including phenoxy) is 1. The normalized spacial score (nSPS) is 22.5. The maximum absolute atomic E-state index is 11.0. The highest BCUT2D eigenvalue weighted by atomic mass is 16.5. The van der Waals surface area contributed by atoms with E-state index in [0.717, 1.165) is 11.1 Å². The Bertz CT molecular complexity index is 513. The van der Waals surface area contributed by atoms with E-state index in [1.807, 2.05) is 13.8 Å². The summed E-state index contributed by atoms with van der Waals surface area (Å²) < 4.78 is 5.30. The number of hydrogen-bond donors (Lipinski definition) is 3. The fraction of sp³-hybridized carbons (Fsp3) is 0.500. The van der Waals surface area contributed by atoms with Crippen molar-refractivity contribution in [1.82, 2.24) is 5.32 Å². The van der Waals surface area contributed by atoms with E-state index < -0.39 is 11.9 Å². The molecule has 0 radical (unpaired) electrons. The Morgan fingerprint density at radius 2 is 2.11 bits per heavy atom. The molecule has 19 heavy (non-hydrogen) atoms. The van der Waals surface area contributed by atoms with Crippen LogP contribution in [0.3, 0.4) is 0 Å². The zero-order valence-electron chi connectivity index (χ0n) is 11.4. The Hall–Kier alpha value is -1.75. The van der Waals surface area contributed by atoms with Gasteiger partial charge in [-0.15, -0.1) is 0 Å². The molecule has 1 fully saturated rings. The second-order valence-corrected chi connectivity index (χ2v) is 5.00. The molecule has 2 rings (SSSR count). The summed E-state index contributed by atoms with van der Waals surface area (Å²) >= 11 is 0. The first kappa shape index (κ1) is 13.7. The number of carboxylic acid groups (broad SMARTS) is 1. The average molecular weight is 265 g/mol. The van der Waals surface area contributed by atoms with Crippen LogP contribution in [-0.4, -0.2) is 29.8 Å². The number of methoxy groups -OCH3 is 1. The van der Waals surface area contributed by atoms with Crippen LogP contribution in [0.25, 0.3) is 0 Å². The Morgan fingerprint density at radius 1 is 1.42 bits per heavy atom. The number of aromatic hydroxyl groups is 1. The number of carbonyl (C=O) groups is 1. The molecule has 0 amide bonds. The second kappa shape index (κ2) is 5.09. The van der Waals surface area contributed by atoms with Gasteiger partial charge >= 0.3 is 5.97 Å². The van der Waals surface area contributed by atoms with Gasteiger partial charge in [0.1, 0.15) is 11.5 Å². The van der Waals surface area contributed by atoms with Crippen molar-refractivity contribution in [2.45, 2.75) is 26.3 Å². The van der Waals surface area contributed by atoms with Crippen molar-refractivity contribution in [3.8, 4) is 11.5 Å². The van der Waals surface area contributed by atoms with Crippen LogP contribution in [0.2, 0.25) is 0 Å². The summed E-state index contributed by atoms with van der Waals surface area (Å²) in [6.07, 6.45) is 0.481. The minimum absolute atomic E-state index is 0.144. The first-order chi connectivity index (χ1) is 8.95. The molecule has 0 bridgehead atoms. The Balaban J connectivity index is 2.36. The van der Waals surface area contributed by atoms with Crippen molar-refractivity contribution in [3.63, 3.8) is 0 Å². The van der Waals surface area contributed by atoms with Crippen molar-refractivity contribution in [3.05, 3.63) is 22.8 Å². The summed E-state index contributed by atoms with van der Waals surface area (Å²) in [6.45, 7) is 4.15. The summed E-state index contributed by atoms with van der Waals surface area (Å²) in [5.41, 5.74) is 2.38. The number of phenols is 1. The molecule has 1 saturated heterocycles. The highest BCUT2D eigenvalue weighted by Gasteiger charge is 2.32. The molecular weight excluding hydrogens is 246 g/mol. The van der Waals surface area contributed by atoms with E-state index in [9.17, 15) is 9.90 Å². The van der Waals surface area contributed by atoms with Crippen LogP contribution in [0.5, 0.6) is 11.5 Å². The van der Waals surface area contributed by atoms with Crippen molar-refractivity contribution in [1.29, 1.82) is 0 Å². The third-order valence-electron chi connectivity index (χ3n) is 3.92. The largest absolute Gasteiger partial charge is 0.507 e. The van der Waals surface area contributed by atoms with E-state index in [1.54, 1.807) is 13.2 Å². The van der Waals surface area contributed by atoms with Crippen LogP contribution in [0, 0.1) is 19.8 Å². The summed E-state index contributed by atoms with van der Waals surface area (Å²) in [5, 5.41) is 22.4. The highest BCUT2D eigenvalue weighted by molar-refractivity contribution is 5.71. The molecule has 1 aliphatic rings. The van der Waals surface area contributed by atoms with Gasteiger partial charge in [0.15, 0.2) is 0 Å². The van der Waals surface area contributed by atoms with Gasteiger partial charge in [-0.3, -0.25) is 4.79 Å². The molecule has 2 unspecified atom stereocenters. The highest BCUT2D eigenvalue weighted by Crippen LogP contribution is 2.39.